The van der Waals surface area contributed by atoms with E-state index in [9.17, 15) is 5.11 Å². The third-order valence-electron chi connectivity index (χ3n) is 6.93. The van der Waals surface area contributed by atoms with Crippen molar-refractivity contribution in [1.29, 1.82) is 0 Å². The number of aryl methyl sites for hydroxylation is 1. The Morgan fingerprint density at radius 3 is 2.83 bits per heavy atom. The molecule has 36 heavy (non-hydrogen) atoms. The summed E-state index contributed by atoms with van der Waals surface area (Å²) in [4.78, 5) is 9.37. The number of ether oxygens (including phenoxy) is 3. The summed E-state index contributed by atoms with van der Waals surface area (Å²) in [5.74, 6) is 1.73. The van der Waals surface area contributed by atoms with Gasteiger partial charge < -0.3 is 24.2 Å². The highest BCUT2D eigenvalue weighted by Gasteiger charge is 2.22. The molecule has 8 heteroatoms. The molecule has 0 spiro atoms. The van der Waals surface area contributed by atoms with Crippen LogP contribution in [-0.4, -0.2) is 85.1 Å². The molecule has 0 saturated carbocycles. The summed E-state index contributed by atoms with van der Waals surface area (Å²) >= 11 is 1.68. The summed E-state index contributed by atoms with van der Waals surface area (Å²) in [7, 11) is 0. The van der Waals surface area contributed by atoms with Crippen molar-refractivity contribution in [3.8, 4) is 11.5 Å². The van der Waals surface area contributed by atoms with Gasteiger partial charge in [0.25, 0.3) is 0 Å². The predicted octanol–water partition coefficient (Wildman–Crippen LogP) is 4.28. The Morgan fingerprint density at radius 2 is 1.94 bits per heavy atom. The summed E-state index contributed by atoms with van der Waals surface area (Å²) < 4.78 is 18.9. The number of β-amino-alcohol motifs (C(OH)–C–C–N with tert-alkyl or cyclic N) is 1. The Bertz CT molecular complexity index is 1120. The van der Waals surface area contributed by atoms with Gasteiger partial charge in [0.1, 0.15) is 24.2 Å². The van der Waals surface area contributed by atoms with E-state index in [-0.39, 0.29) is 6.10 Å². The summed E-state index contributed by atoms with van der Waals surface area (Å²) in [6.07, 6.45) is 2.80. The average molecular weight is 512 g/mol. The zero-order valence-corrected chi connectivity index (χ0v) is 21.9. The number of aliphatic hydroxyl groups is 1. The van der Waals surface area contributed by atoms with Gasteiger partial charge in [-0.3, -0.25) is 4.90 Å². The normalized spacial score (nSPS) is 19.7. The van der Waals surface area contributed by atoms with Crippen LogP contribution in [0.2, 0.25) is 0 Å². The summed E-state index contributed by atoms with van der Waals surface area (Å²) in [5, 5.41) is 11.6. The van der Waals surface area contributed by atoms with Crippen molar-refractivity contribution in [3.63, 3.8) is 0 Å². The van der Waals surface area contributed by atoms with Crippen molar-refractivity contribution >= 4 is 21.6 Å². The van der Waals surface area contributed by atoms with E-state index < -0.39 is 6.10 Å². The highest BCUT2D eigenvalue weighted by molar-refractivity contribution is 7.18. The Hall–Kier alpha value is -2.23. The van der Waals surface area contributed by atoms with Crippen LogP contribution in [0.25, 0.3) is 10.2 Å². The van der Waals surface area contributed by atoms with Crippen molar-refractivity contribution in [3.05, 3.63) is 53.0 Å². The Balaban J connectivity index is 0.942. The summed E-state index contributed by atoms with van der Waals surface area (Å²) in [5.41, 5.74) is 2.14. The smallest absolute Gasteiger partial charge is 0.125 e. The molecule has 0 radical (unpaired) electrons. The fraction of sp³-hybridized carbons (Fsp3) is 0.536. The lowest BCUT2D eigenvalue weighted by Crippen LogP contribution is -2.49. The SMILES string of the molecule is Cc1nc2cc(OCC(O)CN3CCN(CCCCOC4CCOc5ccccc54)CC3)ccc2s1. The molecule has 2 unspecified atom stereocenters. The second kappa shape index (κ2) is 12.3. The van der Waals surface area contributed by atoms with Crippen molar-refractivity contribution < 1.29 is 19.3 Å². The number of benzene rings is 2. The number of nitrogens with zero attached hydrogens (tertiary/aromatic N) is 3. The lowest BCUT2D eigenvalue weighted by molar-refractivity contribution is 0.0196. The minimum Gasteiger partial charge on any atom is -0.493 e. The number of aromatic nitrogens is 1. The molecule has 7 nitrogen and oxygen atoms in total. The third kappa shape index (κ3) is 6.75. The van der Waals surface area contributed by atoms with Gasteiger partial charge in [0.2, 0.25) is 0 Å². The highest BCUT2D eigenvalue weighted by Crippen LogP contribution is 2.34. The van der Waals surface area contributed by atoms with E-state index in [0.717, 1.165) is 91.9 Å². The molecule has 1 aromatic heterocycles. The number of fused-ring (bicyclic) bond motifs is 2. The first kappa shape index (κ1) is 25.4. The third-order valence-corrected chi connectivity index (χ3v) is 7.89. The quantitative estimate of drug-likeness (QED) is 0.386. The molecule has 0 bridgehead atoms. The van der Waals surface area contributed by atoms with Gasteiger partial charge in [-0.2, -0.15) is 0 Å². The van der Waals surface area contributed by atoms with E-state index >= 15 is 0 Å². The van der Waals surface area contributed by atoms with Gasteiger partial charge in [0.15, 0.2) is 0 Å². The minimum absolute atomic E-state index is 0.160. The van der Waals surface area contributed by atoms with Crippen LogP contribution in [0, 0.1) is 6.92 Å². The first-order valence-corrected chi connectivity index (χ1v) is 13.9. The van der Waals surface area contributed by atoms with Crippen LogP contribution in [-0.2, 0) is 4.74 Å². The maximum Gasteiger partial charge on any atom is 0.125 e. The van der Waals surface area contributed by atoms with Crippen LogP contribution in [0.4, 0.5) is 0 Å². The molecule has 0 aliphatic carbocycles. The van der Waals surface area contributed by atoms with Gasteiger partial charge in [-0.05, 0) is 44.5 Å². The average Bonchev–Trinajstić information content (AvgIpc) is 3.27. The van der Waals surface area contributed by atoms with Gasteiger partial charge in [-0.1, -0.05) is 18.2 Å². The van der Waals surface area contributed by atoms with Crippen LogP contribution < -0.4 is 9.47 Å². The van der Waals surface area contributed by atoms with E-state index in [1.165, 1.54) is 5.56 Å². The van der Waals surface area contributed by atoms with Crippen LogP contribution in [0.1, 0.15) is 35.9 Å². The molecule has 2 aromatic carbocycles. The van der Waals surface area contributed by atoms with E-state index in [1.807, 2.05) is 37.3 Å². The molecule has 2 atom stereocenters. The van der Waals surface area contributed by atoms with Gasteiger partial charge in [-0.25, -0.2) is 4.98 Å². The minimum atomic E-state index is -0.503. The maximum atomic E-state index is 10.5. The largest absolute Gasteiger partial charge is 0.493 e. The van der Waals surface area contributed by atoms with Crippen LogP contribution in [0.15, 0.2) is 42.5 Å². The molecule has 1 fully saturated rings. The topological polar surface area (TPSA) is 67.3 Å². The van der Waals surface area contributed by atoms with Crippen molar-refractivity contribution in [2.75, 3.05) is 59.1 Å². The first-order valence-electron chi connectivity index (χ1n) is 13.1. The number of aliphatic hydroxyl groups excluding tert-OH is 1. The number of para-hydroxylation sites is 1. The standard InChI is InChI=1S/C28H37N3O4S/c1-21-29-25-18-23(8-9-28(25)36-21)35-20-22(32)19-31-14-12-30(13-15-31)11-4-5-16-33-27-10-17-34-26-7-3-2-6-24(26)27/h2-3,6-9,18,22,27,32H,4-5,10-17,19-20H2,1H3. The Labute approximate surface area is 217 Å². The number of thiazole rings is 1. The van der Waals surface area contributed by atoms with E-state index in [0.29, 0.717) is 13.2 Å². The Kier molecular flexibility index (Phi) is 8.71. The first-order chi connectivity index (χ1) is 17.6. The lowest BCUT2D eigenvalue weighted by Gasteiger charge is -2.35. The molecule has 2 aliphatic rings. The van der Waals surface area contributed by atoms with Crippen molar-refractivity contribution in [2.45, 2.75) is 38.4 Å². The second-order valence-corrected chi connectivity index (χ2v) is 10.9. The van der Waals surface area contributed by atoms with Gasteiger partial charge >= 0.3 is 0 Å². The molecule has 1 saturated heterocycles. The monoisotopic (exact) mass is 511 g/mol. The molecule has 5 rings (SSSR count). The molecule has 0 amide bonds. The lowest BCUT2D eigenvalue weighted by atomic mass is 10.0. The van der Waals surface area contributed by atoms with E-state index in [1.54, 1.807) is 11.3 Å². The summed E-state index contributed by atoms with van der Waals surface area (Å²) in [6.45, 7) is 9.63. The van der Waals surface area contributed by atoms with Crippen LogP contribution in [0.3, 0.4) is 0 Å². The number of piperazine rings is 1. The molecule has 194 valence electrons. The molecule has 3 aromatic rings. The van der Waals surface area contributed by atoms with E-state index in [4.69, 9.17) is 14.2 Å². The fourth-order valence-corrected chi connectivity index (χ4v) is 5.80. The van der Waals surface area contributed by atoms with Crippen molar-refractivity contribution in [1.82, 2.24) is 14.8 Å². The molecular weight excluding hydrogens is 474 g/mol. The Morgan fingerprint density at radius 1 is 1.11 bits per heavy atom. The van der Waals surface area contributed by atoms with Crippen LogP contribution in [0.5, 0.6) is 11.5 Å². The maximum absolute atomic E-state index is 10.5. The molecule has 3 heterocycles. The number of hydrogen-bond donors (Lipinski definition) is 1. The van der Waals surface area contributed by atoms with Crippen molar-refractivity contribution in [2.24, 2.45) is 0 Å². The zero-order valence-electron chi connectivity index (χ0n) is 21.1. The highest BCUT2D eigenvalue weighted by atomic mass is 32.1. The van der Waals surface area contributed by atoms with Gasteiger partial charge in [0, 0.05) is 57.4 Å². The fourth-order valence-electron chi connectivity index (χ4n) is 5.00. The molecule has 1 N–H and O–H groups in total. The van der Waals surface area contributed by atoms with E-state index in [2.05, 4.69) is 26.9 Å². The predicted molar refractivity (Wildman–Crippen MR) is 143 cm³/mol. The molecular formula is C28H37N3O4S. The second-order valence-electron chi connectivity index (χ2n) is 9.71. The van der Waals surface area contributed by atoms with Crippen LogP contribution >= 0.6 is 11.3 Å². The van der Waals surface area contributed by atoms with Gasteiger partial charge in [0.05, 0.1) is 27.9 Å². The molecule has 2 aliphatic heterocycles. The number of unbranched alkanes of at least 4 members (excludes halogenated alkanes) is 1. The number of rotatable bonds is 11. The van der Waals surface area contributed by atoms with Gasteiger partial charge in [-0.15, -0.1) is 11.3 Å². The zero-order chi connectivity index (χ0) is 24.7. The number of hydrogen-bond acceptors (Lipinski definition) is 8. The summed E-state index contributed by atoms with van der Waals surface area (Å²) in [6, 6.07) is 14.2.